The molecule has 0 aromatic heterocycles. The predicted octanol–water partition coefficient (Wildman–Crippen LogP) is 2.65. The highest BCUT2D eigenvalue weighted by Gasteiger charge is 2.23. The van der Waals surface area contributed by atoms with Gasteiger partial charge in [-0.2, -0.15) is 0 Å². The number of hydrogen-bond donors (Lipinski definition) is 1. The molecule has 1 fully saturated rings. The Kier molecular flexibility index (Phi) is 5.38. The second-order valence-corrected chi connectivity index (χ2v) is 5.68. The number of methoxy groups -OCH3 is 1. The smallest absolute Gasteiger partial charge is 0.165 e. The van der Waals surface area contributed by atoms with Gasteiger partial charge in [0.15, 0.2) is 11.6 Å². The average molecular weight is 280 g/mol. The molecule has 0 bridgehead atoms. The summed E-state index contributed by atoms with van der Waals surface area (Å²) in [5, 5.41) is 3.34. The number of benzene rings is 1. The first kappa shape index (κ1) is 15.3. The third kappa shape index (κ3) is 3.70. The van der Waals surface area contributed by atoms with E-state index in [1.807, 2.05) is 13.1 Å². The second-order valence-electron chi connectivity index (χ2n) is 5.68. The van der Waals surface area contributed by atoms with E-state index in [0.717, 1.165) is 25.2 Å². The van der Waals surface area contributed by atoms with Gasteiger partial charge in [-0.05, 0) is 57.0 Å². The standard InChI is InChI=1S/C16H25FN2O/c1-12(18-2)14-5-4-8-19(11-14)10-13-6-7-16(20-3)15(17)9-13/h6-7,9,12,14,18H,4-5,8,10-11H2,1-3H3. The quantitative estimate of drug-likeness (QED) is 0.897. The summed E-state index contributed by atoms with van der Waals surface area (Å²) < 4.78 is 18.7. The van der Waals surface area contributed by atoms with Crippen molar-refractivity contribution in [2.75, 3.05) is 27.2 Å². The lowest BCUT2D eigenvalue weighted by molar-refractivity contribution is 0.147. The first-order valence-corrected chi connectivity index (χ1v) is 7.36. The van der Waals surface area contributed by atoms with Crippen LogP contribution >= 0.6 is 0 Å². The molecule has 1 N–H and O–H groups in total. The molecule has 20 heavy (non-hydrogen) atoms. The minimum atomic E-state index is -0.276. The molecule has 3 nitrogen and oxygen atoms in total. The van der Waals surface area contributed by atoms with Crippen LogP contribution in [0.3, 0.4) is 0 Å². The molecule has 2 rings (SSSR count). The Morgan fingerprint density at radius 2 is 2.30 bits per heavy atom. The number of halogens is 1. The van der Waals surface area contributed by atoms with Gasteiger partial charge in [0.1, 0.15) is 0 Å². The van der Waals surface area contributed by atoms with Gasteiger partial charge in [-0.15, -0.1) is 0 Å². The molecule has 112 valence electrons. The van der Waals surface area contributed by atoms with E-state index in [9.17, 15) is 4.39 Å². The molecule has 2 unspecified atom stereocenters. The highest BCUT2D eigenvalue weighted by atomic mass is 19.1. The van der Waals surface area contributed by atoms with E-state index < -0.39 is 0 Å². The zero-order valence-electron chi connectivity index (χ0n) is 12.7. The van der Waals surface area contributed by atoms with Crippen LogP contribution in [0.15, 0.2) is 18.2 Å². The van der Waals surface area contributed by atoms with E-state index >= 15 is 0 Å². The summed E-state index contributed by atoms with van der Waals surface area (Å²) in [5.41, 5.74) is 1.01. The lowest BCUT2D eigenvalue weighted by atomic mass is 9.91. The van der Waals surface area contributed by atoms with Crippen LogP contribution < -0.4 is 10.1 Å². The lowest BCUT2D eigenvalue weighted by Gasteiger charge is -2.35. The number of hydrogen-bond acceptors (Lipinski definition) is 3. The Morgan fingerprint density at radius 1 is 1.50 bits per heavy atom. The van der Waals surface area contributed by atoms with Crippen molar-refractivity contribution in [3.8, 4) is 5.75 Å². The van der Waals surface area contributed by atoms with Gasteiger partial charge in [-0.25, -0.2) is 4.39 Å². The van der Waals surface area contributed by atoms with E-state index in [2.05, 4.69) is 17.1 Å². The van der Waals surface area contributed by atoms with Crippen molar-refractivity contribution in [2.24, 2.45) is 5.92 Å². The number of ether oxygens (including phenoxy) is 1. The van der Waals surface area contributed by atoms with Crippen molar-refractivity contribution in [1.82, 2.24) is 10.2 Å². The fourth-order valence-electron chi connectivity index (χ4n) is 2.95. The minimum Gasteiger partial charge on any atom is -0.494 e. The normalized spacial score (nSPS) is 21.7. The Bertz CT molecular complexity index is 438. The summed E-state index contributed by atoms with van der Waals surface area (Å²) in [6, 6.07) is 5.78. The summed E-state index contributed by atoms with van der Waals surface area (Å²) in [7, 11) is 3.51. The highest BCUT2D eigenvalue weighted by molar-refractivity contribution is 5.29. The summed E-state index contributed by atoms with van der Waals surface area (Å²) in [6.45, 7) is 5.23. The Morgan fingerprint density at radius 3 is 2.95 bits per heavy atom. The summed E-state index contributed by atoms with van der Waals surface area (Å²) in [5.74, 6) is 0.716. The van der Waals surface area contributed by atoms with Crippen LogP contribution in [0.4, 0.5) is 4.39 Å². The molecule has 1 aromatic carbocycles. The lowest BCUT2D eigenvalue weighted by Crippen LogP contribution is -2.43. The van der Waals surface area contributed by atoms with E-state index in [-0.39, 0.29) is 5.82 Å². The van der Waals surface area contributed by atoms with Gasteiger partial charge < -0.3 is 10.1 Å². The molecule has 1 aliphatic rings. The zero-order valence-corrected chi connectivity index (χ0v) is 12.7. The topological polar surface area (TPSA) is 24.5 Å². The van der Waals surface area contributed by atoms with Crippen LogP contribution in [-0.4, -0.2) is 38.2 Å². The van der Waals surface area contributed by atoms with E-state index in [0.29, 0.717) is 17.7 Å². The zero-order chi connectivity index (χ0) is 14.5. The van der Waals surface area contributed by atoms with Crippen LogP contribution in [0, 0.1) is 11.7 Å². The number of nitrogens with zero attached hydrogens (tertiary/aromatic N) is 1. The Hall–Kier alpha value is -1.13. The van der Waals surface area contributed by atoms with Gasteiger partial charge in [0.2, 0.25) is 0 Å². The predicted molar refractivity (Wildman–Crippen MR) is 79.5 cm³/mol. The summed E-state index contributed by atoms with van der Waals surface area (Å²) in [6.07, 6.45) is 2.49. The summed E-state index contributed by atoms with van der Waals surface area (Å²) >= 11 is 0. The van der Waals surface area contributed by atoms with Crippen molar-refractivity contribution in [2.45, 2.75) is 32.4 Å². The maximum absolute atomic E-state index is 13.7. The van der Waals surface area contributed by atoms with E-state index in [1.165, 1.54) is 20.0 Å². The number of piperidine rings is 1. The molecule has 1 aromatic rings. The van der Waals surface area contributed by atoms with Gasteiger partial charge >= 0.3 is 0 Å². The number of likely N-dealkylation sites (tertiary alicyclic amines) is 1. The Labute approximate surface area is 121 Å². The summed E-state index contributed by atoms with van der Waals surface area (Å²) in [4.78, 5) is 2.42. The van der Waals surface area contributed by atoms with Crippen LogP contribution in [0.5, 0.6) is 5.75 Å². The first-order chi connectivity index (χ1) is 9.63. The van der Waals surface area contributed by atoms with Gasteiger partial charge in [0.25, 0.3) is 0 Å². The molecule has 0 saturated carbocycles. The molecule has 0 amide bonds. The van der Waals surface area contributed by atoms with Crippen molar-refractivity contribution >= 4 is 0 Å². The van der Waals surface area contributed by atoms with Crippen LogP contribution in [0.2, 0.25) is 0 Å². The van der Waals surface area contributed by atoms with Gasteiger partial charge in [0, 0.05) is 19.1 Å². The van der Waals surface area contributed by atoms with Crippen LogP contribution in [-0.2, 0) is 6.54 Å². The largest absolute Gasteiger partial charge is 0.494 e. The molecule has 0 aliphatic carbocycles. The van der Waals surface area contributed by atoms with Gasteiger partial charge in [-0.1, -0.05) is 6.07 Å². The maximum atomic E-state index is 13.7. The second kappa shape index (κ2) is 7.04. The Balaban J connectivity index is 1.97. The molecule has 1 saturated heterocycles. The molecule has 4 heteroatoms. The third-order valence-electron chi connectivity index (χ3n) is 4.33. The fraction of sp³-hybridized carbons (Fsp3) is 0.625. The van der Waals surface area contributed by atoms with E-state index in [4.69, 9.17) is 4.74 Å². The molecule has 2 atom stereocenters. The molecular weight excluding hydrogens is 255 g/mol. The van der Waals surface area contributed by atoms with Crippen LogP contribution in [0.1, 0.15) is 25.3 Å². The maximum Gasteiger partial charge on any atom is 0.165 e. The number of nitrogens with one attached hydrogen (secondary N) is 1. The van der Waals surface area contributed by atoms with Gasteiger partial charge in [-0.3, -0.25) is 4.90 Å². The van der Waals surface area contributed by atoms with Crippen molar-refractivity contribution in [3.05, 3.63) is 29.6 Å². The average Bonchev–Trinajstić information content (AvgIpc) is 2.47. The minimum absolute atomic E-state index is 0.276. The van der Waals surface area contributed by atoms with Crippen molar-refractivity contribution < 1.29 is 9.13 Å². The highest BCUT2D eigenvalue weighted by Crippen LogP contribution is 2.23. The molecular formula is C16H25FN2O. The SMILES string of the molecule is CNC(C)C1CCCN(Cc2ccc(OC)c(F)c2)C1. The molecule has 0 spiro atoms. The van der Waals surface area contributed by atoms with Crippen molar-refractivity contribution in [3.63, 3.8) is 0 Å². The molecule has 1 heterocycles. The number of rotatable bonds is 5. The fourth-order valence-corrected chi connectivity index (χ4v) is 2.95. The van der Waals surface area contributed by atoms with Crippen LogP contribution in [0.25, 0.3) is 0 Å². The monoisotopic (exact) mass is 280 g/mol. The molecule has 0 radical (unpaired) electrons. The first-order valence-electron chi connectivity index (χ1n) is 7.36. The third-order valence-corrected chi connectivity index (χ3v) is 4.33. The van der Waals surface area contributed by atoms with Gasteiger partial charge in [0.05, 0.1) is 7.11 Å². The van der Waals surface area contributed by atoms with E-state index in [1.54, 1.807) is 12.1 Å². The molecule has 1 aliphatic heterocycles. The van der Waals surface area contributed by atoms with Crippen molar-refractivity contribution in [1.29, 1.82) is 0 Å².